The van der Waals surface area contributed by atoms with Gasteiger partial charge in [0.15, 0.2) is 0 Å². The molecule has 0 atom stereocenters. The van der Waals surface area contributed by atoms with Crippen LogP contribution in [0.4, 0.5) is 0 Å². The quantitative estimate of drug-likeness (QED) is 0.895. The molecule has 1 aromatic carbocycles. The summed E-state index contributed by atoms with van der Waals surface area (Å²) in [6.07, 6.45) is 1.70. The highest BCUT2D eigenvalue weighted by Crippen LogP contribution is 2.32. The minimum atomic E-state index is -1.05. The first-order valence-corrected chi connectivity index (χ1v) is 7.04. The molecule has 0 bridgehead atoms. The van der Waals surface area contributed by atoms with E-state index in [1.165, 1.54) is 0 Å². The van der Waals surface area contributed by atoms with Gasteiger partial charge in [0, 0.05) is 5.56 Å². The predicted octanol–water partition coefficient (Wildman–Crippen LogP) is 4.26. The van der Waals surface area contributed by atoms with Crippen molar-refractivity contribution in [3.8, 4) is 11.3 Å². The fourth-order valence-corrected chi connectivity index (χ4v) is 2.62. The molecule has 1 heterocycles. The second kappa shape index (κ2) is 6.09. The lowest BCUT2D eigenvalue weighted by molar-refractivity contribution is 0.0697. The van der Waals surface area contributed by atoms with Gasteiger partial charge in [-0.2, -0.15) is 5.10 Å². The van der Waals surface area contributed by atoms with E-state index in [4.69, 9.17) is 11.6 Å². The van der Waals surface area contributed by atoms with Crippen molar-refractivity contribution in [2.24, 2.45) is 0 Å². The molecule has 1 aromatic heterocycles. The summed E-state index contributed by atoms with van der Waals surface area (Å²) in [7, 11) is 0. The molecular formula is C15H17ClN2O2. The van der Waals surface area contributed by atoms with Crippen LogP contribution in [0.3, 0.4) is 0 Å². The molecule has 0 unspecified atom stereocenters. The van der Waals surface area contributed by atoms with Crippen LogP contribution in [0.25, 0.3) is 11.3 Å². The lowest BCUT2D eigenvalue weighted by Crippen LogP contribution is -2.09. The minimum Gasteiger partial charge on any atom is -0.478 e. The van der Waals surface area contributed by atoms with E-state index in [1.54, 1.807) is 4.68 Å². The van der Waals surface area contributed by atoms with Gasteiger partial charge in [0.05, 0.1) is 6.04 Å². The van der Waals surface area contributed by atoms with E-state index in [1.807, 2.05) is 44.2 Å². The first-order chi connectivity index (χ1) is 9.60. The smallest absolute Gasteiger partial charge is 0.341 e. The maximum atomic E-state index is 11.5. The molecule has 1 N–H and O–H groups in total. The number of rotatable bonds is 5. The lowest BCUT2D eigenvalue weighted by Gasteiger charge is -2.13. The number of benzene rings is 1. The summed E-state index contributed by atoms with van der Waals surface area (Å²) in [5.74, 6) is -1.05. The third-order valence-corrected chi connectivity index (χ3v) is 3.76. The van der Waals surface area contributed by atoms with Crippen molar-refractivity contribution in [1.29, 1.82) is 0 Å². The van der Waals surface area contributed by atoms with E-state index < -0.39 is 5.97 Å². The van der Waals surface area contributed by atoms with Crippen molar-refractivity contribution in [2.45, 2.75) is 32.7 Å². The van der Waals surface area contributed by atoms with Gasteiger partial charge in [-0.3, -0.25) is 0 Å². The Labute approximate surface area is 123 Å². The zero-order chi connectivity index (χ0) is 14.7. The highest BCUT2D eigenvalue weighted by molar-refractivity contribution is 6.33. The monoisotopic (exact) mass is 292 g/mol. The van der Waals surface area contributed by atoms with Gasteiger partial charge in [0.25, 0.3) is 0 Å². The highest BCUT2D eigenvalue weighted by atomic mass is 35.5. The van der Waals surface area contributed by atoms with Crippen LogP contribution in [0.5, 0.6) is 0 Å². The second-order valence-electron chi connectivity index (χ2n) is 4.60. The number of carbonyl (C=O) groups is 1. The molecule has 0 aliphatic carbocycles. The number of carboxylic acids is 1. The number of nitrogens with zero attached hydrogens (tertiary/aromatic N) is 2. The van der Waals surface area contributed by atoms with Gasteiger partial charge in [0.1, 0.15) is 16.4 Å². The van der Waals surface area contributed by atoms with Crippen LogP contribution < -0.4 is 0 Å². The van der Waals surface area contributed by atoms with Gasteiger partial charge in [-0.05, 0) is 12.8 Å². The van der Waals surface area contributed by atoms with E-state index in [0.29, 0.717) is 5.69 Å². The number of halogens is 1. The summed E-state index contributed by atoms with van der Waals surface area (Å²) in [4.78, 5) is 11.5. The van der Waals surface area contributed by atoms with Gasteiger partial charge in [-0.25, -0.2) is 9.48 Å². The van der Waals surface area contributed by atoms with E-state index in [9.17, 15) is 9.90 Å². The Bertz CT molecular complexity index is 604. The Kier molecular flexibility index (Phi) is 4.45. The van der Waals surface area contributed by atoms with Gasteiger partial charge < -0.3 is 5.11 Å². The summed E-state index contributed by atoms with van der Waals surface area (Å²) in [5, 5.41) is 14.1. The summed E-state index contributed by atoms with van der Waals surface area (Å²) in [5.41, 5.74) is 1.26. The minimum absolute atomic E-state index is 0.0739. The Morgan fingerprint density at radius 2 is 1.90 bits per heavy atom. The third kappa shape index (κ3) is 2.56. The number of aromatic carboxylic acids is 1. The van der Waals surface area contributed by atoms with Crippen LogP contribution in [0, 0.1) is 0 Å². The van der Waals surface area contributed by atoms with Gasteiger partial charge in [-0.1, -0.05) is 55.8 Å². The van der Waals surface area contributed by atoms with Crippen LogP contribution in [-0.2, 0) is 0 Å². The third-order valence-electron chi connectivity index (χ3n) is 3.40. The van der Waals surface area contributed by atoms with Gasteiger partial charge >= 0.3 is 5.97 Å². The summed E-state index contributed by atoms with van der Waals surface area (Å²) in [6.45, 7) is 4.07. The molecule has 0 aliphatic rings. The molecule has 2 rings (SSSR count). The van der Waals surface area contributed by atoms with Crippen molar-refractivity contribution in [2.75, 3.05) is 0 Å². The average Bonchev–Trinajstić information content (AvgIpc) is 2.79. The maximum absolute atomic E-state index is 11.5. The van der Waals surface area contributed by atoms with Crippen LogP contribution in [0.15, 0.2) is 30.3 Å². The Morgan fingerprint density at radius 3 is 2.40 bits per heavy atom. The molecule has 4 nitrogen and oxygen atoms in total. The molecule has 0 amide bonds. The van der Waals surface area contributed by atoms with Crippen LogP contribution in [0.2, 0.25) is 5.15 Å². The number of aromatic nitrogens is 2. The molecule has 0 radical (unpaired) electrons. The molecular weight excluding hydrogens is 276 g/mol. The first kappa shape index (κ1) is 14.6. The fraction of sp³-hybridized carbons (Fsp3) is 0.333. The molecule has 20 heavy (non-hydrogen) atoms. The zero-order valence-corrected chi connectivity index (χ0v) is 12.3. The lowest BCUT2D eigenvalue weighted by atomic mass is 10.1. The zero-order valence-electron chi connectivity index (χ0n) is 11.5. The van der Waals surface area contributed by atoms with E-state index in [0.717, 1.165) is 18.4 Å². The first-order valence-electron chi connectivity index (χ1n) is 6.66. The van der Waals surface area contributed by atoms with Crippen molar-refractivity contribution >= 4 is 17.6 Å². The Hall–Kier alpha value is -1.81. The Balaban J connectivity index is 2.63. The van der Waals surface area contributed by atoms with Gasteiger partial charge in [0.2, 0.25) is 0 Å². The molecule has 0 aliphatic heterocycles. The molecule has 106 valence electrons. The normalized spacial score (nSPS) is 11.0. The standard InChI is InChI=1S/C15H17ClN2O2/c1-3-11(4-2)18-14(16)12(15(19)20)13(17-18)10-8-6-5-7-9-10/h5-9,11H,3-4H2,1-2H3,(H,19,20). The topological polar surface area (TPSA) is 55.1 Å². The van der Waals surface area contributed by atoms with Crippen LogP contribution in [-0.4, -0.2) is 20.9 Å². The fourth-order valence-electron chi connectivity index (χ4n) is 2.28. The number of hydrogen-bond donors (Lipinski definition) is 1. The summed E-state index contributed by atoms with van der Waals surface area (Å²) in [6, 6.07) is 9.36. The number of hydrogen-bond acceptors (Lipinski definition) is 2. The summed E-state index contributed by atoms with van der Waals surface area (Å²) >= 11 is 6.25. The summed E-state index contributed by atoms with van der Waals surface area (Å²) < 4.78 is 1.63. The van der Waals surface area contributed by atoms with Crippen molar-refractivity contribution in [3.05, 3.63) is 41.0 Å². The molecule has 5 heteroatoms. The van der Waals surface area contributed by atoms with Crippen LogP contribution in [0.1, 0.15) is 43.1 Å². The predicted molar refractivity (Wildman–Crippen MR) is 79.3 cm³/mol. The SMILES string of the molecule is CCC(CC)n1nc(-c2ccccc2)c(C(=O)O)c1Cl. The maximum Gasteiger partial charge on any atom is 0.341 e. The largest absolute Gasteiger partial charge is 0.478 e. The Morgan fingerprint density at radius 1 is 1.30 bits per heavy atom. The molecule has 0 saturated heterocycles. The van der Waals surface area contributed by atoms with Gasteiger partial charge in [-0.15, -0.1) is 0 Å². The van der Waals surface area contributed by atoms with E-state index in [2.05, 4.69) is 5.10 Å². The number of carboxylic acid groups (broad SMARTS) is 1. The molecule has 2 aromatic rings. The molecule has 0 spiro atoms. The van der Waals surface area contributed by atoms with Crippen molar-refractivity contribution < 1.29 is 9.90 Å². The second-order valence-corrected chi connectivity index (χ2v) is 4.96. The average molecular weight is 293 g/mol. The van der Waals surface area contributed by atoms with Crippen molar-refractivity contribution in [3.63, 3.8) is 0 Å². The molecule has 0 saturated carbocycles. The van der Waals surface area contributed by atoms with E-state index >= 15 is 0 Å². The highest BCUT2D eigenvalue weighted by Gasteiger charge is 2.25. The van der Waals surface area contributed by atoms with Crippen LogP contribution >= 0.6 is 11.6 Å². The van der Waals surface area contributed by atoms with E-state index in [-0.39, 0.29) is 16.8 Å². The van der Waals surface area contributed by atoms with Crippen molar-refractivity contribution in [1.82, 2.24) is 9.78 Å². The molecule has 0 fully saturated rings.